The lowest BCUT2D eigenvalue weighted by Gasteiger charge is -2.26. The van der Waals surface area contributed by atoms with Gasteiger partial charge in [0.15, 0.2) is 5.69 Å². The molecule has 2 aromatic carbocycles. The van der Waals surface area contributed by atoms with Gasteiger partial charge in [-0.3, -0.25) is 4.79 Å². The minimum Gasteiger partial charge on any atom is -0.495 e. The van der Waals surface area contributed by atoms with Crippen LogP contribution in [0.25, 0.3) is 5.69 Å². The summed E-state index contributed by atoms with van der Waals surface area (Å²) in [6.45, 7) is 6.66. The number of carbonyl (C=O) groups excluding carboxylic acids is 1. The van der Waals surface area contributed by atoms with Crippen LogP contribution in [0.5, 0.6) is 5.75 Å². The molecule has 0 unspecified atom stereocenters. The van der Waals surface area contributed by atoms with Gasteiger partial charge < -0.3 is 10.1 Å². The molecule has 2 heterocycles. The Morgan fingerprint density at radius 2 is 1.74 bits per heavy atom. The summed E-state index contributed by atoms with van der Waals surface area (Å²) < 4.78 is 33.1. The third-order valence-corrected chi connectivity index (χ3v) is 7.83. The highest BCUT2D eigenvalue weighted by Crippen LogP contribution is 2.30. The van der Waals surface area contributed by atoms with Crippen LogP contribution in [0.15, 0.2) is 41.3 Å². The average Bonchev–Trinajstić information content (AvgIpc) is 3.21. The summed E-state index contributed by atoms with van der Waals surface area (Å²) in [5.74, 6) is -0.148. The summed E-state index contributed by atoms with van der Waals surface area (Å²) in [5.41, 5.74) is 3.74. The average molecular weight is 484 g/mol. The number of piperidine rings is 1. The predicted octanol–water partition coefficient (Wildman–Crippen LogP) is 3.63. The van der Waals surface area contributed by atoms with Crippen molar-refractivity contribution in [2.45, 2.75) is 44.9 Å². The van der Waals surface area contributed by atoms with Gasteiger partial charge in [0.25, 0.3) is 5.91 Å². The molecule has 1 aliphatic heterocycles. The first-order chi connectivity index (χ1) is 16.2. The zero-order valence-electron chi connectivity index (χ0n) is 19.8. The van der Waals surface area contributed by atoms with Crippen molar-refractivity contribution in [1.29, 1.82) is 0 Å². The number of aromatic nitrogens is 3. The van der Waals surface area contributed by atoms with Crippen molar-refractivity contribution in [2.75, 3.05) is 25.5 Å². The summed E-state index contributed by atoms with van der Waals surface area (Å²) in [7, 11) is -2.20. The van der Waals surface area contributed by atoms with Crippen LogP contribution in [-0.2, 0) is 10.0 Å². The molecule has 4 rings (SSSR count). The van der Waals surface area contributed by atoms with Crippen LogP contribution in [0.3, 0.4) is 0 Å². The molecule has 10 heteroatoms. The van der Waals surface area contributed by atoms with E-state index in [9.17, 15) is 13.2 Å². The summed E-state index contributed by atoms with van der Waals surface area (Å²) >= 11 is 0. The molecule has 1 N–H and O–H groups in total. The maximum atomic E-state index is 13.1. The quantitative estimate of drug-likeness (QED) is 0.574. The van der Waals surface area contributed by atoms with Crippen LogP contribution in [-0.4, -0.2) is 53.8 Å². The predicted molar refractivity (Wildman–Crippen MR) is 129 cm³/mol. The molecule has 3 aromatic rings. The van der Waals surface area contributed by atoms with Crippen molar-refractivity contribution in [3.05, 3.63) is 58.9 Å². The first kappa shape index (κ1) is 23.9. The molecule has 1 amide bonds. The van der Waals surface area contributed by atoms with Gasteiger partial charge in [-0.1, -0.05) is 24.1 Å². The molecular weight excluding hydrogens is 454 g/mol. The lowest BCUT2D eigenvalue weighted by atomic mass is 10.1. The number of hydrogen-bond donors (Lipinski definition) is 1. The first-order valence-corrected chi connectivity index (χ1v) is 12.7. The molecule has 0 aliphatic carbocycles. The molecule has 0 bridgehead atoms. The standard InChI is InChI=1S/C24H29N5O4S/c1-16-8-10-21(17(2)14-16)29-26-18(3)23(27-29)24(30)25-20-15-19(9-11-22(20)33-4)34(31,32)28-12-6-5-7-13-28/h8-11,14-15H,5-7,12-13H2,1-4H3,(H,25,30). The number of rotatable bonds is 6. The normalized spacial score (nSPS) is 14.7. The van der Waals surface area contributed by atoms with E-state index in [-0.39, 0.29) is 16.3 Å². The Morgan fingerprint density at radius 3 is 2.41 bits per heavy atom. The Hall–Kier alpha value is -3.24. The minimum absolute atomic E-state index is 0.112. The number of hydrogen-bond acceptors (Lipinski definition) is 6. The number of nitrogens with zero attached hydrogens (tertiary/aromatic N) is 4. The van der Waals surface area contributed by atoms with Crippen LogP contribution in [0.1, 0.15) is 46.6 Å². The molecule has 34 heavy (non-hydrogen) atoms. The second-order valence-corrected chi connectivity index (χ2v) is 10.4. The third kappa shape index (κ3) is 4.69. The zero-order valence-corrected chi connectivity index (χ0v) is 20.6. The van der Waals surface area contributed by atoms with Gasteiger partial charge in [-0.25, -0.2) is 8.42 Å². The van der Waals surface area contributed by atoms with Gasteiger partial charge in [0, 0.05) is 13.1 Å². The number of amides is 1. The highest BCUT2D eigenvalue weighted by atomic mass is 32.2. The van der Waals surface area contributed by atoms with Crippen LogP contribution in [0.4, 0.5) is 5.69 Å². The summed E-state index contributed by atoms with van der Waals surface area (Å²) in [5, 5.41) is 11.6. The highest BCUT2D eigenvalue weighted by molar-refractivity contribution is 7.89. The van der Waals surface area contributed by atoms with Crippen molar-refractivity contribution in [3.8, 4) is 11.4 Å². The number of benzene rings is 2. The fraction of sp³-hybridized carbons (Fsp3) is 0.375. The van der Waals surface area contributed by atoms with Crippen LogP contribution < -0.4 is 10.1 Å². The second kappa shape index (κ2) is 9.55. The number of sulfonamides is 1. The molecule has 0 atom stereocenters. The lowest BCUT2D eigenvalue weighted by Crippen LogP contribution is -2.35. The molecule has 0 spiro atoms. The third-order valence-electron chi connectivity index (χ3n) is 5.94. The van der Waals surface area contributed by atoms with Gasteiger partial charge in [0.05, 0.1) is 29.1 Å². The van der Waals surface area contributed by atoms with E-state index < -0.39 is 15.9 Å². The van der Waals surface area contributed by atoms with E-state index in [1.165, 1.54) is 28.3 Å². The molecule has 1 aliphatic rings. The lowest BCUT2D eigenvalue weighted by molar-refractivity contribution is 0.102. The van der Waals surface area contributed by atoms with Gasteiger partial charge >= 0.3 is 0 Å². The van der Waals surface area contributed by atoms with Crippen LogP contribution >= 0.6 is 0 Å². The van der Waals surface area contributed by atoms with Gasteiger partial charge in [-0.2, -0.15) is 14.2 Å². The maximum absolute atomic E-state index is 13.1. The number of ether oxygens (including phenoxy) is 1. The molecular formula is C24H29N5O4S. The van der Waals surface area contributed by atoms with Gasteiger partial charge in [0.2, 0.25) is 10.0 Å². The van der Waals surface area contributed by atoms with Crippen LogP contribution in [0, 0.1) is 20.8 Å². The van der Waals surface area contributed by atoms with Gasteiger partial charge in [0.1, 0.15) is 5.75 Å². The van der Waals surface area contributed by atoms with Crippen molar-refractivity contribution in [3.63, 3.8) is 0 Å². The molecule has 1 saturated heterocycles. The molecule has 1 fully saturated rings. The van der Waals surface area contributed by atoms with Gasteiger partial charge in [-0.05, 0) is 63.4 Å². The number of carbonyl (C=O) groups is 1. The van der Waals surface area contributed by atoms with Gasteiger partial charge in [-0.15, -0.1) is 5.10 Å². The minimum atomic E-state index is -3.66. The van der Waals surface area contributed by atoms with E-state index in [0.717, 1.165) is 36.1 Å². The van der Waals surface area contributed by atoms with Crippen molar-refractivity contribution >= 4 is 21.6 Å². The number of nitrogens with one attached hydrogen (secondary N) is 1. The summed E-state index contributed by atoms with van der Waals surface area (Å²) in [6, 6.07) is 10.4. The van der Waals surface area contributed by atoms with E-state index in [1.54, 1.807) is 13.0 Å². The SMILES string of the molecule is COc1ccc(S(=O)(=O)N2CCCCC2)cc1NC(=O)c1nn(-c2ccc(C)cc2C)nc1C. The Morgan fingerprint density at radius 1 is 1.00 bits per heavy atom. The number of methoxy groups -OCH3 is 1. The number of anilines is 1. The molecule has 0 radical (unpaired) electrons. The van der Waals surface area contributed by atoms with E-state index >= 15 is 0 Å². The van der Waals surface area contributed by atoms with E-state index in [0.29, 0.717) is 24.5 Å². The largest absolute Gasteiger partial charge is 0.495 e. The molecule has 1 aromatic heterocycles. The fourth-order valence-corrected chi connectivity index (χ4v) is 5.65. The first-order valence-electron chi connectivity index (χ1n) is 11.2. The molecule has 9 nitrogen and oxygen atoms in total. The Kier molecular flexibility index (Phi) is 6.72. The smallest absolute Gasteiger partial charge is 0.278 e. The number of aryl methyl sites for hydroxylation is 3. The van der Waals surface area contributed by atoms with Crippen molar-refractivity contribution in [2.24, 2.45) is 0 Å². The zero-order chi connectivity index (χ0) is 24.5. The maximum Gasteiger partial charge on any atom is 0.278 e. The fourth-order valence-electron chi connectivity index (χ4n) is 4.11. The second-order valence-electron chi connectivity index (χ2n) is 8.49. The Bertz CT molecular complexity index is 1330. The Labute approximate surface area is 199 Å². The van der Waals surface area contributed by atoms with Crippen molar-refractivity contribution < 1.29 is 17.9 Å². The Balaban J connectivity index is 1.63. The summed E-state index contributed by atoms with van der Waals surface area (Å²) in [6.07, 6.45) is 2.71. The highest BCUT2D eigenvalue weighted by Gasteiger charge is 2.27. The monoisotopic (exact) mass is 483 g/mol. The summed E-state index contributed by atoms with van der Waals surface area (Å²) in [4.78, 5) is 14.7. The molecule has 0 saturated carbocycles. The van der Waals surface area contributed by atoms with E-state index in [1.807, 2.05) is 32.0 Å². The van der Waals surface area contributed by atoms with Crippen LogP contribution in [0.2, 0.25) is 0 Å². The van der Waals surface area contributed by atoms with E-state index in [4.69, 9.17) is 4.74 Å². The van der Waals surface area contributed by atoms with E-state index in [2.05, 4.69) is 15.5 Å². The molecule has 180 valence electrons. The topological polar surface area (TPSA) is 106 Å². The van der Waals surface area contributed by atoms with Crippen molar-refractivity contribution in [1.82, 2.24) is 19.3 Å².